The summed E-state index contributed by atoms with van der Waals surface area (Å²) in [5.74, 6) is 0. The largest absolute Gasteiger partial charge is 0.329 e. The summed E-state index contributed by atoms with van der Waals surface area (Å²) < 4.78 is 28.0. The topological polar surface area (TPSA) is 72.2 Å². The molecule has 0 aliphatic carbocycles. The Morgan fingerprint density at radius 2 is 2.06 bits per heavy atom. The van der Waals surface area contributed by atoms with Crippen LogP contribution in [0.15, 0.2) is 32.0 Å². The predicted octanol–water partition coefficient (Wildman–Crippen LogP) is 2.23. The first-order valence-corrected chi connectivity index (χ1v) is 8.15. The Morgan fingerprint density at radius 1 is 1.41 bits per heavy atom. The number of nitrogens with one attached hydrogen (secondary N) is 1. The van der Waals surface area contributed by atoms with E-state index in [4.69, 9.17) is 5.73 Å². The molecule has 0 radical (unpaired) electrons. The minimum atomic E-state index is -3.54. The number of sulfonamides is 1. The van der Waals surface area contributed by atoms with Crippen LogP contribution in [0.1, 0.15) is 13.3 Å². The summed E-state index contributed by atoms with van der Waals surface area (Å²) in [6.45, 7) is 2.16. The summed E-state index contributed by atoms with van der Waals surface area (Å²) >= 11 is 6.48. The van der Waals surface area contributed by atoms with E-state index in [0.29, 0.717) is 15.4 Å². The molecule has 0 bridgehead atoms. The van der Waals surface area contributed by atoms with E-state index in [0.717, 1.165) is 0 Å². The highest BCUT2D eigenvalue weighted by Crippen LogP contribution is 2.25. The van der Waals surface area contributed by atoms with Gasteiger partial charge in [0.05, 0.1) is 4.90 Å². The summed E-state index contributed by atoms with van der Waals surface area (Å²) in [5, 5.41) is 0. The molecule has 0 heterocycles. The first kappa shape index (κ1) is 15.1. The molecule has 3 N–H and O–H groups in total. The lowest BCUT2D eigenvalue weighted by Crippen LogP contribution is -2.39. The molecule has 1 rings (SSSR count). The highest BCUT2D eigenvalue weighted by atomic mass is 79.9. The second kappa shape index (κ2) is 6.29. The maximum Gasteiger partial charge on any atom is 0.242 e. The highest BCUT2D eigenvalue weighted by Gasteiger charge is 2.20. The van der Waals surface area contributed by atoms with Crippen LogP contribution in [0.4, 0.5) is 0 Å². The van der Waals surface area contributed by atoms with E-state index in [1.54, 1.807) is 18.2 Å². The summed E-state index contributed by atoms with van der Waals surface area (Å²) in [4.78, 5) is 0.207. The van der Waals surface area contributed by atoms with Gasteiger partial charge in [0.2, 0.25) is 10.0 Å². The minimum Gasteiger partial charge on any atom is -0.329 e. The fourth-order valence-electron chi connectivity index (χ4n) is 1.26. The number of hydrogen-bond donors (Lipinski definition) is 2. The van der Waals surface area contributed by atoms with Crippen LogP contribution >= 0.6 is 31.9 Å². The van der Waals surface area contributed by atoms with E-state index in [1.807, 2.05) is 6.92 Å². The van der Waals surface area contributed by atoms with E-state index in [2.05, 4.69) is 36.6 Å². The van der Waals surface area contributed by atoms with Crippen molar-refractivity contribution in [2.75, 3.05) is 6.54 Å². The third kappa shape index (κ3) is 4.03. The fourth-order valence-corrected chi connectivity index (χ4v) is 4.10. The number of benzene rings is 1. The molecular formula is C10H14Br2N2O2S. The Bertz CT molecular complexity index is 487. The predicted molar refractivity (Wildman–Crippen MR) is 75.3 cm³/mol. The van der Waals surface area contributed by atoms with Crippen LogP contribution in [0.25, 0.3) is 0 Å². The lowest BCUT2D eigenvalue weighted by Gasteiger charge is -2.15. The summed E-state index contributed by atoms with van der Waals surface area (Å²) in [5.41, 5.74) is 5.49. The van der Waals surface area contributed by atoms with Crippen LogP contribution in [0.3, 0.4) is 0 Å². The van der Waals surface area contributed by atoms with Crippen molar-refractivity contribution in [2.24, 2.45) is 5.73 Å². The van der Waals surface area contributed by atoms with E-state index in [9.17, 15) is 8.42 Å². The second-order valence-electron chi connectivity index (χ2n) is 3.54. The Balaban J connectivity index is 3.09. The fraction of sp³-hybridized carbons (Fsp3) is 0.400. The Morgan fingerprint density at radius 3 is 2.59 bits per heavy atom. The maximum atomic E-state index is 12.1. The molecule has 4 nitrogen and oxygen atoms in total. The van der Waals surface area contributed by atoms with Gasteiger partial charge in [0.25, 0.3) is 0 Å². The number of rotatable bonds is 5. The van der Waals surface area contributed by atoms with Gasteiger partial charge in [-0.1, -0.05) is 22.9 Å². The van der Waals surface area contributed by atoms with Crippen LogP contribution in [-0.2, 0) is 10.0 Å². The van der Waals surface area contributed by atoms with Gasteiger partial charge in [-0.25, -0.2) is 13.1 Å². The van der Waals surface area contributed by atoms with Gasteiger partial charge in [-0.3, -0.25) is 0 Å². The van der Waals surface area contributed by atoms with Crippen molar-refractivity contribution in [2.45, 2.75) is 24.3 Å². The molecule has 7 heteroatoms. The second-order valence-corrected chi connectivity index (χ2v) is 6.99. The molecule has 0 amide bonds. The van der Waals surface area contributed by atoms with Gasteiger partial charge in [0, 0.05) is 21.5 Å². The highest BCUT2D eigenvalue weighted by molar-refractivity contribution is 9.11. The van der Waals surface area contributed by atoms with Gasteiger partial charge >= 0.3 is 0 Å². The molecule has 1 atom stereocenters. The molecule has 96 valence electrons. The molecule has 0 saturated heterocycles. The molecule has 0 saturated carbocycles. The number of nitrogens with two attached hydrogens (primary N) is 1. The SMILES string of the molecule is CCC(CN)NS(=O)(=O)c1cc(Br)ccc1Br. The Labute approximate surface area is 118 Å². The first-order chi connectivity index (χ1) is 7.90. The molecule has 17 heavy (non-hydrogen) atoms. The smallest absolute Gasteiger partial charge is 0.242 e. The lowest BCUT2D eigenvalue weighted by atomic mass is 10.2. The van der Waals surface area contributed by atoms with E-state index in [1.165, 1.54) is 0 Å². The lowest BCUT2D eigenvalue weighted by molar-refractivity contribution is 0.542. The zero-order valence-corrected chi connectivity index (χ0v) is 13.3. The first-order valence-electron chi connectivity index (χ1n) is 5.08. The number of halogens is 2. The summed E-state index contributed by atoms with van der Waals surface area (Å²) in [7, 11) is -3.54. The van der Waals surface area contributed by atoms with Crippen molar-refractivity contribution in [3.8, 4) is 0 Å². The molecule has 0 aromatic heterocycles. The van der Waals surface area contributed by atoms with Crippen LogP contribution < -0.4 is 10.5 Å². The molecule has 0 spiro atoms. The molecule has 1 aromatic rings. The van der Waals surface area contributed by atoms with Crippen molar-refractivity contribution in [1.29, 1.82) is 0 Å². The minimum absolute atomic E-state index is 0.207. The van der Waals surface area contributed by atoms with Crippen molar-refractivity contribution in [3.05, 3.63) is 27.1 Å². The average Bonchev–Trinajstić information content (AvgIpc) is 2.29. The van der Waals surface area contributed by atoms with Gasteiger partial charge in [0.15, 0.2) is 0 Å². The van der Waals surface area contributed by atoms with Gasteiger partial charge < -0.3 is 5.73 Å². The van der Waals surface area contributed by atoms with E-state index in [-0.39, 0.29) is 17.5 Å². The van der Waals surface area contributed by atoms with Crippen molar-refractivity contribution >= 4 is 41.9 Å². The summed E-state index contributed by atoms with van der Waals surface area (Å²) in [6.07, 6.45) is 0.654. The van der Waals surface area contributed by atoms with Gasteiger partial charge in [-0.15, -0.1) is 0 Å². The number of hydrogen-bond acceptors (Lipinski definition) is 3. The van der Waals surface area contributed by atoms with E-state index >= 15 is 0 Å². The molecule has 0 fully saturated rings. The summed E-state index contributed by atoms with van der Waals surface area (Å²) in [6, 6.07) is 4.76. The molecule has 0 aliphatic heterocycles. The quantitative estimate of drug-likeness (QED) is 0.816. The molecular weight excluding hydrogens is 372 g/mol. The van der Waals surface area contributed by atoms with Crippen molar-refractivity contribution in [1.82, 2.24) is 4.72 Å². The molecule has 1 unspecified atom stereocenters. The van der Waals surface area contributed by atoms with Crippen molar-refractivity contribution < 1.29 is 8.42 Å². The van der Waals surface area contributed by atoms with Crippen molar-refractivity contribution in [3.63, 3.8) is 0 Å². The van der Waals surface area contributed by atoms with Gasteiger partial charge in [0.1, 0.15) is 0 Å². The maximum absolute atomic E-state index is 12.1. The molecule has 0 aliphatic rings. The van der Waals surface area contributed by atoms with Gasteiger partial charge in [-0.2, -0.15) is 0 Å². The third-order valence-electron chi connectivity index (χ3n) is 2.28. The zero-order valence-electron chi connectivity index (χ0n) is 9.28. The Kier molecular flexibility index (Phi) is 5.59. The molecule has 1 aromatic carbocycles. The Hall–Kier alpha value is 0.0500. The van der Waals surface area contributed by atoms with Crippen LogP contribution in [0.2, 0.25) is 0 Å². The van der Waals surface area contributed by atoms with E-state index < -0.39 is 10.0 Å². The average molecular weight is 386 g/mol. The van der Waals surface area contributed by atoms with Crippen LogP contribution in [0, 0.1) is 0 Å². The standard InChI is InChI=1S/C10H14Br2N2O2S/c1-2-8(6-13)14-17(15,16)10-5-7(11)3-4-9(10)12/h3-5,8,14H,2,6,13H2,1H3. The normalized spacial score (nSPS) is 13.6. The van der Waals surface area contributed by atoms with Gasteiger partial charge in [-0.05, 0) is 40.5 Å². The monoisotopic (exact) mass is 384 g/mol. The zero-order chi connectivity index (χ0) is 13.1. The van der Waals surface area contributed by atoms with Crippen LogP contribution in [-0.4, -0.2) is 21.0 Å². The third-order valence-corrected chi connectivity index (χ3v) is 5.29. The van der Waals surface area contributed by atoms with Crippen LogP contribution in [0.5, 0.6) is 0 Å².